The summed E-state index contributed by atoms with van der Waals surface area (Å²) in [6, 6.07) is 11.3. The second-order valence-corrected chi connectivity index (χ2v) is 7.92. The smallest absolute Gasteiger partial charge is 0.412 e. The van der Waals surface area contributed by atoms with Crippen molar-refractivity contribution in [3.05, 3.63) is 76.0 Å². The van der Waals surface area contributed by atoms with Crippen LogP contribution in [0.5, 0.6) is 0 Å². The molecule has 152 valence electrons. The third-order valence-corrected chi connectivity index (χ3v) is 5.22. The largest absolute Gasteiger partial charge is 0.443 e. The first-order valence-corrected chi connectivity index (χ1v) is 10.2. The molecule has 0 spiro atoms. The molecule has 0 saturated heterocycles. The Hall–Kier alpha value is -3.26. The van der Waals surface area contributed by atoms with Gasteiger partial charge in [0.15, 0.2) is 0 Å². The third kappa shape index (κ3) is 4.33. The zero-order valence-electron chi connectivity index (χ0n) is 16.8. The van der Waals surface area contributed by atoms with Crippen LogP contribution in [0.4, 0.5) is 10.5 Å². The number of carbonyl (C=O) groups is 1. The van der Waals surface area contributed by atoms with E-state index < -0.39 is 6.09 Å². The average molecular weight is 466 g/mol. The lowest BCUT2D eigenvalue weighted by atomic mass is 10.1. The number of carbonyl (C=O) groups excluding carboxylic acids is 1. The van der Waals surface area contributed by atoms with Crippen LogP contribution in [-0.4, -0.2) is 25.6 Å². The van der Waals surface area contributed by atoms with Crippen molar-refractivity contribution in [3.8, 4) is 5.69 Å². The summed E-state index contributed by atoms with van der Waals surface area (Å²) in [5.41, 5.74) is 6.84. The number of anilines is 1. The van der Waals surface area contributed by atoms with Crippen molar-refractivity contribution in [2.45, 2.75) is 27.4 Å². The number of aromatic nitrogens is 4. The molecule has 2 heterocycles. The van der Waals surface area contributed by atoms with E-state index in [2.05, 4.69) is 36.2 Å². The number of rotatable bonds is 4. The van der Waals surface area contributed by atoms with Gasteiger partial charge in [0.05, 0.1) is 40.1 Å². The first-order valence-electron chi connectivity index (χ1n) is 9.37. The number of imidazole rings is 1. The second kappa shape index (κ2) is 8.23. The molecular weight excluding hydrogens is 446 g/mol. The van der Waals surface area contributed by atoms with Gasteiger partial charge in [-0.05, 0) is 56.7 Å². The summed E-state index contributed by atoms with van der Waals surface area (Å²) in [5.74, 6) is 0. The number of nitrogens with zero attached hydrogens (tertiary/aromatic N) is 4. The average Bonchev–Trinajstić information content (AvgIpc) is 3.16. The third-order valence-electron chi connectivity index (χ3n) is 4.73. The minimum Gasteiger partial charge on any atom is -0.443 e. The minimum atomic E-state index is -0.536. The number of aryl methyl sites for hydroxylation is 3. The lowest BCUT2D eigenvalue weighted by Gasteiger charge is -2.09. The van der Waals surface area contributed by atoms with Gasteiger partial charge in [-0.25, -0.2) is 19.7 Å². The topological polar surface area (TPSA) is 81.9 Å². The molecule has 8 heteroatoms. The number of hydrogen-bond acceptors (Lipinski definition) is 5. The highest BCUT2D eigenvalue weighted by Gasteiger charge is 2.10. The van der Waals surface area contributed by atoms with Gasteiger partial charge in [0.1, 0.15) is 6.61 Å². The van der Waals surface area contributed by atoms with E-state index in [0.29, 0.717) is 11.4 Å². The molecular formula is C22H20BrN5O2. The molecule has 0 unspecified atom stereocenters. The Balaban J connectivity index is 1.48. The molecule has 4 aromatic rings. The van der Waals surface area contributed by atoms with Crippen molar-refractivity contribution >= 4 is 38.7 Å². The Labute approximate surface area is 182 Å². The van der Waals surface area contributed by atoms with E-state index >= 15 is 0 Å². The van der Waals surface area contributed by atoms with E-state index in [4.69, 9.17) is 4.74 Å². The molecule has 30 heavy (non-hydrogen) atoms. The molecule has 0 atom stereocenters. The molecule has 0 aliphatic heterocycles. The highest BCUT2D eigenvalue weighted by Crippen LogP contribution is 2.22. The maximum Gasteiger partial charge on any atom is 0.412 e. The zero-order valence-corrected chi connectivity index (χ0v) is 18.4. The zero-order chi connectivity index (χ0) is 21.3. The van der Waals surface area contributed by atoms with Crippen molar-refractivity contribution in [2.75, 3.05) is 5.32 Å². The molecule has 0 radical (unpaired) electrons. The van der Waals surface area contributed by atoms with Gasteiger partial charge in [-0.15, -0.1) is 0 Å². The number of halogens is 1. The maximum absolute atomic E-state index is 12.0. The Morgan fingerprint density at radius 2 is 1.83 bits per heavy atom. The van der Waals surface area contributed by atoms with Crippen LogP contribution in [0.3, 0.4) is 0 Å². The number of ether oxygens (including phenoxy) is 1. The minimum absolute atomic E-state index is 0.0670. The molecule has 0 aliphatic carbocycles. The van der Waals surface area contributed by atoms with E-state index in [1.165, 1.54) is 0 Å². The Kier molecular flexibility index (Phi) is 5.50. The van der Waals surface area contributed by atoms with Crippen LogP contribution in [-0.2, 0) is 11.3 Å². The van der Waals surface area contributed by atoms with Gasteiger partial charge in [0.25, 0.3) is 0 Å². The molecule has 1 N–H and O–H groups in total. The fourth-order valence-corrected chi connectivity index (χ4v) is 3.48. The number of hydrogen-bond donors (Lipinski definition) is 1. The summed E-state index contributed by atoms with van der Waals surface area (Å²) in [5, 5.41) is 2.69. The van der Waals surface area contributed by atoms with Crippen LogP contribution in [0.25, 0.3) is 16.7 Å². The highest BCUT2D eigenvalue weighted by atomic mass is 79.9. The molecule has 1 amide bonds. The highest BCUT2D eigenvalue weighted by molar-refractivity contribution is 9.10. The number of benzene rings is 2. The van der Waals surface area contributed by atoms with Crippen LogP contribution in [0, 0.1) is 20.8 Å². The van der Waals surface area contributed by atoms with E-state index in [1.807, 2.05) is 55.8 Å². The van der Waals surface area contributed by atoms with Crippen molar-refractivity contribution in [2.24, 2.45) is 0 Å². The van der Waals surface area contributed by atoms with E-state index in [0.717, 1.165) is 38.1 Å². The van der Waals surface area contributed by atoms with Crippen molar-refractivity contribution in [1.82, 2.24) is 19.5 Å². The van der Waals surface area contributed by atoms with Crippen LogP contribution in [0.15, 0.2) is 53.4 Å². The predicted molar refractivity (Wildman–Crippen MR) is 119 cm³/mol. The number of fused-ring (bicyclic) bond motifs is 1. The van der Waals surface area contributed by atoms with Crippen LogP contribution in [0.2, 0.25) is 0 Å². The quantitative estimate of drug-likeness (QED) is 0.444. The van der Waals surface area contributed by atoms with Gasteiger partial charge in [-0.2, -0.15) is 0 Å². The molecule has 0 aliphatic rings. The van der Waals surface area contributed by atoms with Gasteiger partial charge in [0, 0.05) is 16.4 Å². The Bertz CT molecular complexity index is 1250. The molecule has 4 rings (SSSR count). The Morgan fingerprint density at radius 3 is 2.57 bits per heavy atom. The fraction of sp³-hybridized carbons (Fsp3) is 0.182. The number of nitrogens with one attached hydrogen (secondary N) is 1. The SMILES string of the molecule is Cc1cc2nc(C)c(C)nc2cc1-n1cnc(COC(=O)Nc2cccc(Br)c2)c1. The van der Waals surface area contributed by atoms with Crippen LogP contribution in [0.1, 0.15) is 22.6 Å². The summed E-state index contributed by atoms with van der Waals surface area (Å²) in [7, 11) is 0. The molecule has 2 aromatic carbocycles. The number of amides is 1. The van der Waals surface area contributed by atoms with E-state index in [-0.39, 0.29) is 6.61 Å². The molecule has 0 saturated carbocycles. The second-order valence-electron chi connectivity index (χ2n) is 7.01. The van der Waals surface area contributed by atoms with E-state index in [9.17, 15) is 4.79 Å². The van der Waals surface area contributed by atoms with Gasteiger partial charge >= 0.3 is 6.09 Å². The molecule has 0 bridgehead atoms. The molecule has 0 fully saturated rings. The summed E-state index contributed by atoms with van der Waals surface area (Å²) >= 11 is 3.37. The monoisotopic (exact) mass is 465 g/mol. The van der Waals surface area contributed by atoms with Gasteiger partial charge in [-0.1, -0.05) is 22.0 Å². The summed E-state index contributed by atoms with van der Waals surface area (Å²) in [4.78, 5) is 25.6. The fourth-order valence-electron chi connectivity index (χ4n) is 3.08. The Morgan fingerprint density at radius 1 is 1.10 bits per heavy atom. The summed E-state index contributed by atoms with van der Waals surface area (Å²) in [6.07, 6.45) is 3.01. The van der Waals surface area contributed by atoms with Gasteiger partial charge < -0.3 is 9.30 Å². The normalized spacial score (nSPS) is 10.9. The maximum atomic E-state index is 12.0. The van der Waals surface area contributed by atoms with Crippen molar-refractivity contribution in [3.63, 3.8) is 0 Å². The lowest BCUT2D eigenvalue weighted by molar-refractivity contribution is 0.154. The first kappa shape index (κ1) is 20.0. The standard InChI is InChI=1S/C22H20BrN5O2/c1-13-7-19-20(26-15(3)14(2)25-19)9-21(13)28-10-18(24-12-28)11-30-22(29)27-17-6-4-5-16(23)8-17/h4-10,12H,11H2,1-3H3,(H,27,29). The van der Waals surface area contributed by atoms with Crippen molar-refractivity contribution in [1.29, 1.82) is 0 Å². The predicted octanol–water partition coefficient (Wildman–Crippen LogP) is 5.25. The van der Waals surface area contributed by atoms with Gasteiger partial charge in [-0.3, -0.25) is 5.32 Å². The first-order chi connectivity index (χ1) is 14.4. The van der Waals surface area contributed by atoms with Crippen molar-refractivity contribution < 1.29 is 9.53 Å². The summed E-state index contributed by atoms with van der Waals surface area (Å²) < 4.78 is 8.06. The molecule has 2 aromatic heterocycles. The summed E-state index contributed by atoms with van der Waals surface area (Å²) in [6.45, 7) is 6.00. The molecule has 7 nitrogen and oxygen atoms in total. The van der Waals surface area contributed by atoms with Crippen LogP contribution >= 0.6 is 15.9 Å². The lowest BCUT2D eigenvalue weighted by Crippen LogP contribution is -2.13. The van der Waals surface area contributed by atoms with Crippen LogP contribution < -0.4 is 5.32 Å². The van der Waals surface area contributed by atoms with Gasteiger partial charge in [0.2, 0.25) is 0 Å². The van der Waals surface area contributed by atoms with E-state index in [1.54, 1.807) is 18.5 Å².